The van der Waals surface area contributed by atoms with Crippen molar-refractivity contribution in [3.05, 3.63) is 23.8 Å². The van der Waals surface area contributed by atoms with Gasteiger partial charge in [0.1, 0.15) is 0 Å². The van der Waals surface area contributed by atoms with E-state index < -0.39 is 6.61 Å². The van der Waals surface area contributed by atoms with Gasteiger partial charge in [-0.05, 0) is 44.1 Å². The number of hydrogen-bond donors (Lipinski definition) is 2. The smallest absolute Gasteiger partial charge is 0.387 e. The molecule has 1 fully saturated rings. The summed E-state index contributed by atoms with van der Waals surface area (Å²) in [5.74, 6) is -0.375. The van der Waals surface area contributed by atoms with Gasteiger partial charge in [-0.15, -0.1) is 12.4 Å². The van der Waals surface area contributed by atoms with Crippen LogP contribution in [0.2, 0.25) is 0 Å². The first-order chi connectivity index (χ1) is 12.0. The lowest BCUT2D eigenvalue weighted by Gasteiger charge is -2.37. The van der Waals surface area contributed by atoms with Crippen LogP contribution in [0.3, 0.4) is 0 Å². The summed E-state index contributed by atoms with van der Waals surface area (Å²) in [7, 11) is 2.99. The van der Waals surface area contributed by atoms with E-state index in [1.165, 1.54) is 25.3 Å². The zero-order chi connectivity index (χ0) is 18.3. The van der Waals surface area contributed by atoms with Crippen molar-refractivity contribution in [3.63, 3.8) is 0 Å². The van der Waals surface area contributed by atoms with Crippen molar-refractivity contribution in [2.24, 2.45) is 5.41 Å². The van der Waals surface area contributed by atoms with Crippen molar-refractivity contribution in [2.75, 3.05) is 40.5 Å². The van der Waals surface area contributed by atoms with Gasteiger partial charge < -0.3 is 24.8 Å². The highest BCUT2D eigenvalue weighted by Gasteiger charge is 2.32. The first-order valence-corrected chi connectivity index (χ1v) is 8.10. The van der Waals surface area contributed by atoms with Crippen molar-refractivity contribution in [1.82, 2.24) is 10.6 Å². The fourth-order valence-corrected chi connectivity index (χ4v) is 3.01. The summed E-state index contributed by atoms with van der Waals surface area (Å²) >= 11 is 0. The standard InChI is InChI=1S/C17H24F2N2O4.ClH/c1-23-11-17(5-7-20-8-6-17)10-21-15(22)12-3-4-13(24-2)14(9-12)25-16(18)19;/h3-4,9,16,20H,5-8,10-11H2,1-2H3,(H,21,22);1H. The second-order valence-corrected chi connectivity index (χ2v) is 6.11. The van der Waals surface area contributed by atoms with Crippen LogP contribution in [-0.4, -0.2) is 53.0 Å². The number of alkyl halides is 2. The molecule has 1 aromatic carbocycles. The van der Waals surface area contributed by atoms with Crippen LogP contribution in [0, 0.1) is 5.41 Å². The van der Waals surface area contributed by atoms with E-state index in [1.807, 2.05) is 0 Å². The van der Waals surface area contributed by atoms with Crippen LogP contribution in [0.5, 0.6) is 11.5 Å². The Morgan fingerprint density at radius 2 is 1.96 bits per heavy atom. The number of rotatable bonds is 8. The highest BCUT2D eigenvalue weighted by atomic mass is 35.5. The molecule has 1 heterocycles. The van der Waals surface area contributed by atoms with E-state index in [0.717, 1.165) is 25.9 Å². The minimum atomic E-state index is -2.99. The maximum absolute atomic E-state index is 12.5. The van der Waals surface area contributed by atoms with Crippen LogP contribution in [0.1, 0.15) is 23.2 Å². The number of methoxy groups -OCH3 is 2. The maximum atomic E-state index is 12.5. The van der Waals surface area contributed by atoms with E-state index in [0.29, 0.717) is 13.2 Å². The number of nitrogens with one attached hydrogen (secondary N) is 2. The second kappa shape index (κ2) is 10.5. The van der Waals surface area contributed by atoms with Gasteiger partial charge >= 0.3 is 6.61 Å². The molecule has 2 N–H and O–H groups in total. The highest BCUT2D eigenvalue weighted by molar-refractivity contribution is 5.94. The minimum absolute atomic E-state index is 0. The van der Waals surface area contributed by atoms with Gasteiger partial charge in [-0.2, -0.15) is 8.78 Å². The lowest BCUT2D eigenvalue weighted by Crippen LogP contribution is -2.47. The van der Waals surface area contributed by atoms with E-state index in [-0.39, 0.29) is 40.8 Å². The van der Waals surface area contributed by atoms with Gasteiger partial charge in [0.15, 0.2) is 11.5 Å². The average Bonchev–Trinajstić information content (AvgIpc) is 2.60. The summed E-state index contributed by atoms with van der Waals surface area (Å²) in [6, 6.07) is 4.20. The maximum Gasteiger partial charge on any atom is 0.387 e. The van der Waals surface area contributed by atoms with Gasteiger partial charge in [0.05, 0.1) is 13.7 Å². The van der Waals surface area contributed by atoms with Gasteiger partial charge in [0.2, 0.25) is 0 Å². The molecule has 0 saturated carbocycles. The Morgan fingerprint density at radius 1 is 1.27 bits per heavy atom. The van der Waals surface area contributed by atoms with Crippen molar-refractivity contribution in [2.45, 2.75) is 19.5 Å². The van der Waals surface area contributed by atoms with Crippen molar-refractivity contribution in [3.8, 4) is 11.5 Å². The number of carbonyl (C=O) groups is 1. The molecule has 0 spiro atoms. The van der Waals surface area contributed by atoms with E-state index in [4.69, 9.17) is 9.47 Å². The van der Waals surface area contributed by atoms with Gasteiger partial charge in [-0.1, -0.05) is 0 Å². The molecule has 0 aliphatic carbocycles. The lowest BCUT2D eigenvalue weighted by atomic mass is 9.79. The summed E-state index contributed by atoms with van der Waals surface area (Å²) in [5, 5.41) is 6.17. The predicted octanol–water partition coefficient (Wildman–Crippen LogP) is 2.46. The third kappa shape index (κ3) is 5.96. The summed E-state index contributed by atoms with van der Waals surface area (Å²) in [5.41, 5.74) is 0.114. The first kappa shape index (κ1) is 22.4. The number of amides is 1. The minimum Gasteiger partial charge on any atom is -0.493 e. The Balaban J connectivity index is 0.00000338. The zero-order valence-electron chi connectivity index (χ0n) is 14.8. The van der Waals surface area contributed by atoms with Crippen molar-refractivity contribution >= 4 is 18.3 Å². The topological polar surface area (TPSA) is 68.8 Å². The van der Waals surface area contributed by atoms with Crippen LogP contribution in [0.4, 0.5) is 8.78 Å². The number of piperidine rings is 1. The molecule has 6 nitrogen and oxygen atoms in total. The molecule has 2 rings (SSSR count). The summed E-state index contributed by atoms with van der Waals surface area (Å²) in [6.45, 7) is -0.246. The molecular weight excluding hydrogens is 370 g/mol. The molecule has 0 atom stereocenters. The third-order valence-electron chi connectivity index (χ3n) is 4.38. The SMILES string of the molecule is COCC1(CNC(=O)c2ccc(OC)c(OC(F)F)c2)CCNCC1.Cl. The van der Waals surface area contributed by atoms with E-state index in [1.54, 1.807) is 7.11 Å². The van der Waals surface area contributed by atoms with E-state index in [2.05, 4.69) is 15.4 Å². The molecule has 1 aliphatic rings. The van der Waals surface area contributed by atoms with Crippen LogP contribution in [-0.2, 0) is 4.74 Å². The fraction of sp³-hybridized carbons (Fsp3) is 0.588. The zero-order valence-corrected chi connectivity index (χ0v) is 15.7. The second-order valence-electron chi connectivity index (χ2n) is 6.11. The van der Waals surface area contributed by atoms with E-state index in [9.17, 15) is 13.6 Å². The van der Waals surface area contributed by atoms with Crippen molar-refractivity contribution in [1.29, 1.82) is 0 Å². The molecule has 26 heavy (non-hydrogen) atoms. The molecule has 148 valence electrons. The van der Waals surface area contributed by atoms with Crippen molar-refractivity contribution < 1.29 is 27.8 Å². The number of carbonyl (C=O) groups excluding carboxylic acids is 1. The Morgan fingerprint density at radius 3 is 2.54 bits per heavy atom. The van der Waals surface area contributed by atoms with Gasteiger partial charge in [0.25, 0.3) is 5.91 Å². The highest BCUT2D eigenvalue weighted by Crippen LogP contribution is 2.30. The Hall–Kier alpha value is -1.64. The van der Waals surface area contributed by atoms with E-state index >= 15 is 0 Å². The predicted molar refractivity (Wildman–Crippen MR) is 95.6 cm³/mol. The molecule has 0 unspecified atom stereocenters. The molecule has 0 bridgehead atoms. The van der Waals surface area contributed by atoms with Crippen LogP contribution in [0.25, 0.3) is 0 Å². The molecule has 9 heteroatoms. The Bertz CT molecular complexity index is 578. The number of ether oxygens (including phenoxy) is 3. The fourth-order valence-electron chi connectivity index (χ4n) is 3.01. The number of benzene rings is 1. The monoisotopic (exact) mass is 394 g/mol. The van der Waals surface area contributed by atoms with Gasteiger partial charge in [-0.3, -0.25) is 4.79 Å². The lowest BCUT2D eigenvalue weighted by molar-refractivity contribution is -0.0512. The molecule has 1 saturated heterocycles. The Labute approximate surface area is 158 Å². The van der Waals surface area contributed by atoms with Crippen LogP contribution >= 0.6 is 12.4 Å². The number of halogens is 3. The third-order valence-corrected chi connectivity index (χ3v) is 4.38. The quantitative estimate of drug-likeness (QED) is 0.709. The normalized spacial score (nSPS) is 15.9. The molecular formula is C17H25ClF2N2O4. The first-order valence-electron chi connectivity index (χ1n) is 8.10. The number of hydrogen-bond acceptors (Lipinski definition) is 5. The van der Waals surface area contributed by atoms with Gasteiger partial charge in [0, 0.05) is 24.6 Å². The summed E-state index contributed by atoms with van der Waals surface area (Å²) < 4.78 is 39.7. The van der Waals surface area contributed by atoms with Crippen LogP contribution in [0.15, 0.2) is 18.2 Å². The average molecular weight is 395 g/mol. The molecule has 0 radical (unpaired) electrons. The molecule has 1 amide bonds. The van der Waals surface area contributed by atoms with Gasteiger partial charge in [-0.25, -0.2) is 0 Å². The summed E-state index contributed by atoms with van der Waals surface area (Å²) in [6.07, 6.45) is 1.78. The molecule has 1 aliphatic heterocycles. The molecule has 1 aromatic rings. The Kier molecular flexibility index (Phi) is 9.04. The van der Waals surface area contributed by atoms with Crippen LogP contribution < -0.4 is 20.1 Å². The summed E-state index contributed by atoms with van der Waals surface area (Å²) in [4.78, 5) is 12.4. The molecule has 0 aromatic heterocycles. The largest absolute Gasteiger partial charge is 0.493 e.